The van der Waals surface area contributed by atoms with Crippen LogP contribution < -0.4 is 0 Å². The molecule has 4 heteroatoms. The van der Waals surface area contributed by atoms with E-state index in [2.05, 4.69) is 86.0 Å². The molecule has 0 saturated heterocycles. The number of hydrogen-bond acceptors (Lipinski definition) is 4. The van der Waals surface area contributed by atoms with E-state index in [9.17, 15) is 9.59 Å². The van der Waals surface area contributed by atoms with Gasteiger partial charge in [0.2, 0.25) is 0 Å². The summed E-state index contributed by atoms with van der Waals surface area (Å²) in [6, 6.07) is 25.5. The van der Waals surface area contributed by atoms with Gasteiger partial charge in [-0.3, -0.25) is 0 Å². The van der Waals surface area contributed by atoms with Crippen molar-refractivity contribution < 1.29 is 19.1 Å². The number of esters is 2. The van der Waals surface area contributed by atoms with Crippen molar-refractivity contribution >= 4 is 11.9 Å². The Labute approximate surface area is 201 Å². The van der Waals surface area contributed by atoms with Crippen LogP contribution in [0.15, 0.2) is 98.1 Å². The Balaban J connectivity index is 1.46. The maximum atomic E-state index is 11.1. The smallest absolute Gasteiger partial charge is 0.330 e. The van der Waals surface area contributed by atoms with Gasteiger partial charge >= 0.3 is 11.9 Å². The third-order valence-electron chi connectivity index (χ3n) is 5.49. The van der Waals surface area contributed by atoms with Gasteiger partial charge in [-0.25, -0.2) is 9.59 Å². The second-order valence-electron chi connectivity index (χ2n) is 8.05. The Kier molecular flexibility index (Phi) is 9.41. The van der Waals surface area contributed by atoms with Crippen LogP contribution in [0.5, 0.6) is 0 Å². The van der Waals surface area contributed by atoms with E-state index in [0.29, 0.717) is 26.1 Å². The van der Waals surface area contributed by atoms with Crippen LogP contribution in [-0.4, -0.2) is 25.2 Å². The first kappa shape index (κ1) is 24.7. The van der Waals surface area contributed by atoms with Crippen molar-refractivity contribution in [3.63, 3.8) is 0 Å². The van der Waals surface area contributed by atoms with Crippen LogP contribution >= 0.6 is 0 Å². The summed E-state index contributed by atoms with van der Waals surface area (Å²) in [5, 5.41) is 0. The molecule has 0 saturated carbocycles. The minimum atomic E-state index is -0.388. The Hall–Kier alpha value is -3.92. The summed E-state index contributed by atoms with van der Waals surface area (Å²) >= 11 is 0. The van der Waals surface area contributed by atoms with Crippen molar-refractivity contribution in [1.82, 2.24) is 0 Å². The average Bonchev–Trinajstić information content (AvgIpc) is 2.87. The molecule has 0 radical (unpaired) electrons. The molecule has 0 heterocycles. The monoisotopic (exact) mass is 454 g/mol. The fraction of sp³-hybridized carbons (Fsp3) is 0.200. The molecule has 0 atom stereocenters. The molecule has 3 rings (SSSR count). The molecule has 174 valence electrons. The largest absolute Gasteiger partial charge is 0.462 e. The Bertz CT molecular complexity index is 1000. The third kappa shape index (κ3) is 8.21. The number of hydrogen-bond donors (Lipinski definition) is 0. The summed E-state index contributed by atoms with van der Waals surface area (Å²) in [5.74, 6) is -0.776. The third-order valence-corrected chi connectivity index (χ3v) is 5.49. The van der Waals surface area contributed by atoms with E-state index >= 15 is 0 Å². The molecule has 0 aliphatic carbocycles. The van der Waals surface area contributed by atoms with E-state index in [1.54, 1.807) is 0 Å². The first-order valence-corrected chi connectivity index (χ1v) is 11.4. The molecular formula is C30H30O4. The number of rotatable bonds is 12. The van der Waals surface area contributed by atoms with Gasteiger partial charge in [-0.2, -0.15) is 0 Å². The van der Waals surface area contributed by atoms with E-state index < -0.39 is 0 Å². The lowest BCUT2D eigenvalue weighted by Crippen LogP contribution is -2.04. The molecule has 0 N–H and O–H groups in total. The van der Waals surface area contributed by atoms with Crippen molar-refractivity contribution in [3.8, 4) is 0 Å². The lowest BCUT2D eigenvalue weighted by molar-refractivity contribution is -0.138. The average molecular weight is 455 g/mol. The molecule has 0 unspecified atom stereocenters. The van der Waals surface area contributed by atoms with E-state index in [-0.39, 0.29) is 11.9 Å². The summed E-state index contributed by atoms with van der Waals surface area (Å²) < 4.78 is 10.1. The maximum Gasteiger partial charge on any atom is 0.330 e. The Morgan fingerprint density at radius 3 is 1.06 bits per heavy atom. The van der Waals surface area contributed by atoms with Gasteiger partial charge < -0.3 is 9.47 Å². The molecule has 34 heavy (non-hydrogen) atoms. The fourth-order valence-corrected chi connectivity index (χ4v) is 3.55. The zero-order valence-corrected chi connectivity index (χ0v) is 19.4. The number of benzene rings is 3. The lowest BCUT2D eigenvalue weighted by Gasteiger charge is -2.08. The van der Waals surface area contributed by atoms with Crippen LogP contribution in [0.3, 0.4) is 0 Å². The Morgan fingerprint density at radius 2 is 0.794 bits per heavy atom. The summed E-state index contributed by atoms with van der Waals surface area (Å²) in [7, 11) is 0. The SMILES string of the molecule is C=CC(=O)OCCc1ccc(Cc2ccc(Cc3ccc(CCOC(=O)C=C)cc3)cc2)cc1. The first-order chi connectivity index (χ1) is 16.6. The molecule has 4 nitrogen and oxygen atoms in total. The zero-order valence-electron chi connectivity index (χ0n) is 19.4. The standard InChI is InChI=1S/C30H30O4/c1-3-29(31)33-19-17-23-5-9-25(10-6-23)21-27-13-15-28(16-14-27)22-26-11-7-24(8-12-26)18-20-34-30(32)4-2/h3-16H,1-2,17-22H2. The van der Waals surface area contributed by atoms with Gasteiger partial charge in [0, 0.05) is 25.0 Å². The van der Waals surface area contributed by atoms with Gasteiger partial charge in [0.05, 0.1) is 13.2 Å². The second-order valence-corrected chi connectivity index (χ2v) is 8.05. The molecule has 0 aromatic heterocycles. The fourth-order valence-electron chi connectivity index (χ4n) is 3.55. The van der Waals surface area contributed by atoms with Crippen LogP contribution in [0.1, 0.15) is 33.4 Å². The number of carbonyl (C=O) groups excluding carboxylic acids is 2. The molecule has 3 aromatic carbocycles. The molecule has 0 bridgehead atoms. The first-order valence-electron chi connectivity index (χ1n) is 11.4. The number of carbonyl (C=O) groups is 2. The summed E-state index contributed by atoms with van der Waals surface area (Å²) in [4.78, 5) is 22.2. The predicted octanol–water partition coefficient (Wildman–Crippen LogP) is 5.41. The van der Waals surface area contributed by atoms with Crippen molar-refractivity contribution in [2.45, 2.75) is 25.7 Å². The van der Waals surface area contributed by atoms with Crippen LogP contribution in [0.25, 0.3) is 0 Å². The molecular weight excluding hydrogens is 424 g/mol. The highest BCUT2D eigenvalue weighted by Crippen LogP contribution is 2.16. The second kappa shape index (κ2) is 12.9. The van der Waals surface area contributed by atoms with Crippen LogP contribution in [0, 0.1) is 0 Å². The zero-order chi connectivity index (χ0) is 24.2. The van der Waals surface area contributed by atoms with E-state index in [4.69, 9.17) is 9.47 Å². The van der Waals surface area contributed by atoms with Crippen molar-refractivity contribution in [1.29, 1.82) is 0 Å². The minimum Gasteiger partial charge on any atom is -0.462 e. The summed E-state index contributed by atoms with van der Waals surface area (Å²) in [5.41, 5.74) is 7.30. The van der Waals surface area contributed by atoms with Crippen LogP contribution in [0.2, 0.25) is 0 Å². The van der Waals surface area contributed by atoms with Crippen molar-refractivity contribution in [2.75, 3.05) is 13.2 Å². The van der Waals surface area contributed by atoms with Gasteiger partial charge in [0.1, 0.15) is 0 Å². The molecule has 0 aliphatic rings. The van der Waals surface area contributed by atoms with Crippen molar-refractivity contribution in [3.05, 3.63) is 131 Å². The van der Waals surface area contributed by atoms with Gasteiger partial charge in [-0.1, -0.05) is 86.0 Å². The highest BCUT2D eigenvalue weighted by molar-refractivity contribution is 5.81. The van der Waals surface area contributed by atoms with Gasteiger partial charge in [0.15, 0.2) is 0 Å². The van der Waals surface area contributed by atoms with Crippen LogP contribution in [0.4, 0.5) is 0 Å². The summed E-state index contributed by atoms with van der Waals surface area (Å²) in [6.45, 7) is 7.51. The molecule has 0 aliphatic heterocycles. The van der Waals surface area contributed by atoms with E-state index in [0.717, 1.165) is 24.0 Å². The highest BCUT2D eigenvalue weighted by atomic mass is 16.5. The number of ether oxygens (including phenoxy) is 2. The van der Waals surface area contributed by atoms with Gasteiger partial charge in [-0.15, -0.1) is 0 Å². The minimum absolute atomic E-state index is 0.361. The topological polar surface area (TPSA) is 52.6 Å². The Morgan fingerprint density at radius 1 is 0.529 bits per heavy atom. The van der Waals surface area contributed by atoms with Crippen molar-refractivity contribution in [2.24, 2.45) is 0 Å². The molecule has 0 fully saturated rings. The predicted molar refractivity (Wildman–Crippen MR) is 135 cm³/mol. The maximum absolute atomic E-state index is 11.1. The van der Waals surface area contributed by atoms with E-state index in [1.165, 1.54) is 34.4 Å². The van der Waals surface area contributed by atoms with Gasteiger partial charge in [0.25, 0.3) is 0 Å². The lowest BCUT2D eigenvalue weighted by atomic mass is 9.99. The molecule has 0 spiro atoms. The molecule has 0 amide bonds. The van der Waals surface area contributed by atoms with Gasteiger partial charge in [-0.05, 0) is 46.2 Å². The summed E-state index contributed by atoms with van der Waals surface area (Å²) in [6.07, 6.45) is 5.49. The quantitative estimate of drug-likeness (QED) is 0.271. The molecule has 3 aromatic rings. The van der Waals surface area contributed by atoms with Crippen LogP contribution in [-0.2, 0) is 44.7 Å². The van der Waals surface area contributed by atoms with E-state index in [1.807, 2.05) is 0 Å². The normalized spacial score (nSPS) is 10.4. The highest BCUT2D eigenvalue weighted by Gasteiger charge is 2.03.